The Hall–Kier alpha value is -0.630. The van der Waals surface area contributed by atoms with E-state index in [2.05, 4.69) is 20.7 Å². The Morgan fingerprint density at radius 3 is 2.89 bits per heavy atom. The standard InChI is InChI=1S/C11H14BrNO4S/c12-8-18(15,16)13-7-11(14)5-6-17-10-4-2-1-3-9(10)11/h1-4,13-14H,5-8H2. The molecule has 0 aromatic heterocycles. The van der Waals surface area contributed by atoms with Gasteiger partial charge in [-0.2, -0.15) is 0 Å². The molecule has 0 radical (unpaired) electrons. The minimum absolute atomic E-state index is 0.0543. The molecule has 5 nitrogen and oxygen atoms in total. The lowest BCUT2D eigenvalue weighted by Gasteiger charge is -2.34. The van der Waals surface area contributed by atoms with E-state index < -0.39 is 15.6 Å². The molecular weight excluding hydrogens is 322 g/mol. The van der Waals surface area contributed by atoms with Crippen molar-refractivity contribution in [1.29, 1.82) is 0 Å². The molecular formula is C11H14BrNO4S. The second-order valence-corrected chi connectivity index (χ2v) is 7.28. The van der Waals surface area contributed by atoms with Crippen LogP contribution in [-0.2, 0) is 15.6 Å². The highest BCUT2D eigenvalue weighted by Gasteiger charge is 2.36. The van der Waals surface area contributed by atoms with Crippen molar-refractivity contribution in [2.45, 2.75) is 12.0 Å². The smallest absolute Gasteiger partial charge is 0.221 e. The number of aliphatic hydroxyl groups is 1. The average molecular weight is 336 g/mol. The fourth-order valence-electron chi connectivity index (χ4n) is 1.89. The Kier molecular flexibility index (Phi) is 3.96. The lowest BCUT2D eigenvalue weighted by molar-refractivity contribution is 0.00222. The molecule has 1 heterocycles. The molecule has 1 aliphatic heterocycles. The molecule has 2 rings (SSSR count). The van der Waals surface area contributed by atoms with Gasteiger partial charge in [0.15, 0.2) is 0 Å². The van der Waals surface area contributed by atoms with Crippen molar-refractivity contribution in [3.8, 4) is 5.75 Å². The summed E-state index contributed by atoms with van der Waals surface area (Å²) in [6, 6.07) is 7.11. The Morgan fingerprint density at radius 2 is 2.17 bits per heavy atom. The zero-order valence-electron chi connectivity index (χ0n) is 9.60. The van der Waals surface area contributed by atoms with Gasteiger partial charge in [-0.3, -0.25) is 0 Å². The Morgan fingerprint density at radius 1 is 1.44 bits per heavy atom. The van der Waals surface area contributed by atoms with Gasteiger partial charge in [0.1, 0.15) is 16.0 Å². The minimum Gasteiger partial charge on any atom is -0.493 e. The summed E-state index contributed by atoms with van der Waals surface area (Å²) >= 11 is 2.89. The number of halogens is 1. The van der Waals surface area contributed by atoms with Crippen LogP contribution in [0.1, 0.15) is 12.0 Å². The summed E-state index contributed by atoms with van der Waals surface area (Å²) in [5.41, 5.74) is -0.599. The molecule has 0 aliphatic carbocycles. The van der Waals surface area contributed by atoms with Crippen molar-refractivity contribution < 1.29 is 18.3 Å². The molecule has 18 heavy (non-hydrogen) atoms. The number of para-hydroxylation sites is 1. The van der Waals surface area contributed by atoms with Gasteiger partial charge in [-0.25, -0.2) is 13.1 Å². The van der Waals surface area contributed by atoms with Crippen LogP contribution in [0.3, 0.4) is 0 Å². The molecule has 1 aromatic rings. The summed E-state index contributed by atoms with van der Waals surface area (Å²) in [5, 5.41) is 10.6. The predicted molar refractivity (Wildman–Crippen MR) is 71.2 cm³/mol. The summed E-state index contributed by atoms with van der Waals surface area (Å²) < 4.78 is 30.4. The number of ether oxygens (including phenoxy) is 1. The van der Waals surface area contributed by atoms with Crippen LogP contribution in [0.25, 0.3) is 0 Å². The van der Waals surface area contributed by atoms with E-state index in [-0.39, 0.29) is 11.2 Å². The maximum atomic E-state index is 11.4. The molecule has 2 N–H and O–H groups in total. The minimum atomic E-state index is -3.39. The molecule has 0 amide bonds. The van der Waals surface area contributed by atoms with Crippen LogP contribution in [0.5, 0.6) is 5.75 Å². The van der Waals surface area contributed by atoms with Crippen molar-refractivity contribution in [2.75, 3.05) is 17.8 Å². The van der Waals surface area contributed by atoms with Gasteiger partial charge in [0, 0.05) is 18.5 Å². The first-order chi connectivity index (χ1) is 8.47. The molecule has 100 valence electrons. The highest BCUT2D eigenvalue weighted by Crippen LogP contribution is 2.36. The van der Waals surface area contributed by atoms with Gasteiger partial charge in [-0.05, 0) is 6.07 Å². The van der Waals surface area contributed by atoms with Crippen LogP contribution in [0.2, 0.25) is 0 Å². The van der Waals surface area contributed by atoms with E-state index in [1.165, 1.54) is 0 Å². The maximum absolute atomic E-state index is 11.4. The summed E-state index contributed by atoms with van der Waals surface area (Å²) in [7, 11) is -3.39. The number of rotatable bonds is 4. The van der Waals surface area contributed by atoms with Crippen LogP contribution < -0.4 is 9.46 Å². The highest BCUT2D eigenvalue weighted by molar-refractivity contribution is 9.10. The molecule has 1 atom stereocenters. The van der Waals surface area contributed by atoms with Crippen molar-refractivity contribution >= 4 is 26.0 Å². The lowest BCUT2D eigenvalue weighted by Crippen LogP contribution is -2.44. The Labute approximate surface area is 114 Å². The predicted octanol–water partition coefficient (Wildman–Crippen LogP) is 0.928. The fraction of sp³-hybridized carbons (Fsp3) is 0.455. The third-order valence-corrected chi connectivity index (χ3v) is 5.57. The molecule has 1 aliphatic rings. The maximum Gasteiger partial charge on any atom is 0.221 e. The number of benzene rings is 1. The van der Waals surface area contributed by atoms with Gasteiger partial charge in [-0.1, -0.05) is 34.1 Å². The number of fused-ring (bicyclic) bond motifs is 1. The average Bonchev–Trinajstić information content (AvgIpc) is 2.38. The van der Waals surface area contributed by atoms with E-state index >= 15 is 0 Å². The normalized spacial score (nSPS) is 23.2. The van der Waals surface area contributed by atoms with Crippen LogP contribution in [-0.4, -0.2) is 31.3 Å². The quantitative estimate of drug-likeness (QED) is 0.802. The van der Waals surface area contributed by atoms with Crippen LogP contribution in [0.15, 0.2) is 24.3 Å². The lowest BCUT2D eigenvalue weighted by atomic mass is 9.88. The molecule has 0 spiro atoms. The summed E-state index contributed by atoms with van der Waals surface area (Å²) in [6.07, 6.45) is 0.356. The zero-order chi connectivity index (χ0) is 13.2. The Bertz CT molecular complexity index is 534. The number of hydrogen-bond donors (Lipinski definition) is 2. The number of alkyl halides is 1. The first-order valence-corrected chi connectivity index (χ1v) is 8.22. The summed E-state index contributed by atoms with van der Waals surface area (Å²) in [5.74, 6) is 0.601. The van der Waals surface area contributed by atoms with E-state index in [9.17, 15) is 13.5 Å². The first-order valence-electron chi connectivity index (χ1n) is 5.45. The van der Waals surface area contributed by atoms with Crippen molar-refractivity contribution in [1.82, 2.24) is 4.72 Å². The van der Waals surface area contributed by atoms with Crippen LogP contribution >= 0.6 is 15.9 Å². The van der Waals surface area contributed by atoms with Gasteiger partial charge in [0.25, 0.3) is 0 Å². The second kappa shape index (κ2) is 5.16. The van der Waals surface area contributed by atoms with Gasteiger partial charge < -0.3 is 9.84 Å². The molecule has 0 bridgehead atoms. The topological polar surface area (TPSA) is 75.6 Å². The van der Waals surface area contributed by atoms with E-state index in [1.54, 1.807) is 18.2 Å². The zero-order valence-corrected chi connectivity index (χ0v) is 12.0. The van der Waals surface area contributed by atoms with E-state index in [0.717, 1.165) is 0 Å². The second-order valence-electron chi connectivity index (χ2n) is 4.17. The summed E-state index contributed by atoms with van der Waals surface area (Å²) in [6.45, 7) is 0.310. The first kappa shape index (κ1) is 13.8. The van der Waals surface area contributed by atoms with E-state index in [0.29, 0.717) is 24.3 Å². The monoisotopic (exact) mass is 335 g/mol. The molecule has 0 saturated carbocycles. The molecule has 1 unspecified atom stereocenters. The molecule has 1 aromatic carbocycles. The number of nitrogens with one attached hydrogen (secondary N) is 1. The third-order valence-electron chi connectivity index (χ3n) is 2.89. The van der Waals surface area contributed by atoms with Crippen molar-refractivity contribution in [2.24, 2.45) is 0 Å². The highest BCUT2D eigenvalue weighted by atomic mass is 79.9. The summed E-state index contributed by atoms with van der Waals surface area (Å²) in [4.78, 5) is 0. The van der Waals surface area contributed by atoms with E-state index in [4.69, 9.17) is 4.74 Å². The molecule has 7 heteroatoms. The third kappa shape index (κ3) is 2.85. The number of sulfonamides is 1. The van der Waals surface area contributed by atoms with Gasteiger partial charge in [-0.15, -0.1) is 0 Å². The fourth-order valence-corrected chi connectivity index (χ4v) is 2.91. The Balaban J connectivity index is 2.22. The van der Waals surface area contributed by atoms with Gasteiger partial charge >= 0.3 is 0 Å². The van der Waals surface area contributed by atoms with Crippen LogP contribution in [0, 0.1) is 0 Å². The van der Waals surface area contributed by atoms with Gasteiger partial charge in [0.2, 0.25) is 10.0 Å². The van der Waals surface area contributed by atoms with Crippen LogP contribution in [0.4, 0.5) is 0 Å². The van der Waals surface area contributed by atoms with Gasteiger partial charge in [0.05, 0.1) is 6.61 Å². The SMILES string of the molecule is O=S(=O)(CBr)NCC1(O)CCOc2ccccc21. The van der Waals surface area contributed by atoms with Crippen molar-refractivity contribution in [3.63, 3.8) is 0 Å². The largest absolute Gasteiger partial charge is 0.493 e. The molecule has 0 saturated heterocycles. The van der Waals surface area contributed by atoms with E-state index in [1.807, 2.05) is 6.07 Å². The number of hydrogen-bond acceptors (Lipinski definition) is 4. The molecule has 0 fully saturated rings. The van der Waals surface area contributed by atoms with Crippen molar-refractivity contribution in [3.05, 3.63) is 29.8 Å².